The van der Waals surface area contributed by atoms with E-state index in [1.807, 2.05) is 18.7 Å². The summed E-state index contributed by atoms with van der Waals surface area (Å²) in [6.07, 6.45) is -3.63. The van der Waals surface area contributed by atoms with Gasteiger partial charge in [0.15, 0.2) is 23.0 Å². The molecule has 0 aliphatic carbocycles. The van der Waals surface area contributed by atoms with E-state index in [2.05, 4.69) is 10.1 Å². The molecule has 0 spiro atoms. The molecule has 0 saturated carbocycles. The van der Waals surface area contributed by atoms with Crippen LogP contribution in [0.1, 0.15) is 47.1 Å². The smallest absolute Gasteiger partial charge is 0.433 e. The molecule has 2 aromatic carbocycles. The highest BCUT2D eigenvalue weighted by Gasteiger charge is 2.39. The third-order valence-electron chi connectivity index (χ3n) is 7.64. The van der Waals surface area contributed by atoms with Crippen LogP contribution < -0.4 is 4.74 Å². The van der Waals surface area contributed by atoms with Crippen molar-refractivity contribution in [3.8, 4) is 17.0 Å². The molecule has 12 heteroatoms. The average Bonchev–Trinajstić information content (AvgIpc) is 3.35. The fourth-order valence-electron chi connectivity index (χ4n) is 5.36. The van der Waals surface area contributed by atoms with E-state index in [1.54, 1.807) is 29.2 Å². The number of rotatable bonds is 5. The normalized spacial score (nSPS) is 17.2. The van der Waals surface area contributed by atoms with Crippen LogP contribution in [-0.2, 0) is 6.18 Å². The van der Waals surface area contributed by atoms with Crippen LogP contribution in [0.15, 0.2) is 48.7 Å². The Morgan fingerprint density at radius 2 is 1.78 bits per heavy atom. The van der Waals surface area contributed by atoms with Crippen LogP contribution in [0.4, 0.5) is 22.0 Å². The summed E-state index contributed by atoms with van der Waals surface area (Å²) in [4.78, 5) is 21.8. The molecule has 2 atom stereocenters. The molecule has 0 unspecified atom stereocenters. The Bertz CT molecular complexity index is 1600. The summed E-state index contributed by atoms with van der Waals surface area (Å²) in [7, 11) is 1.49. The van der Waals surface area contributed by atoms with Crippen molar-refractivity contribution in [1.29, 1.82) is 0 Å². The summed E-state index contributed by atoms with van der Waals surface area (Å²) >= 11 is 0. The lowest BCUT2D eigenvalue weighted by Gasteiger charge is -2.42. The van der Waals surface area contributed by atoms with Gasteiger partial charge in [-0.1, -0.05) is 6.07 Å². The van der Waals surface area contributed by atoms with E-state index in [0.29, 0.717) is 34.5 Å². The molecule has 2 aromatic heterocycles. The number of methoxy groups -OCH3 is 1. The highest BCUT2D eigenvalue weighted by Crippen LogP contribution is 2.37. The van der Waals surface area contributed by atoms with E-state index in [4.69, 9.17) is 4.74 Å². The summed E-state index contributed by atoms with van der Waals surface area (Å²) in [6.45, 7) is 6.14. The maximum atomic E-state index is 14.3. The zero-order valence-corrected chi connectivity index (χ0v) is 22.8. The van der Waals surface area contributed by atoms with Crippen molar-refractivity contribution < 1.29 is 31.5 Å². The maximum absolute atomic E-state index is 14.3. The molecule has 1 aliphatic rings. The summed E-state index contributed by atoms with van der Waals surface area (Å²) in [5.41, 5.74) is -0.244. The number of amides is 1. The average molecular weight is 574 g/mol. The van der Waals surface area contributed by atoms with Gasteiger partial charge in [-0.15, -0.1) is 0 Å². The first-order valence-corrected chi connectivity index (χ1v) is 13.0. The lowest BCUT2D eigenvalue weighted by molar-refractivity contribution is -0.143. The van der Waals surface area contributed by atoms with E-state index in [0.717, 1.165) is 18.3 Å². The van der Waals surface area contributed by atoms with Crippen LogP contribution in [0.2, 0.25) is 0 Å². The van der Waals surface area contributed by atoms with Gasteiger partial charge in [0.1, 0.15) is 11.3 Å². The van der Waals surface area contributed by atoms with Crippen molar-refractivity contribution in [2.24, 2.45) is 0 Å². The molecular formula is C29H28F5N5O2. The summed E-state index contributed by atoms with van der Waals surface area (Å²) < 4.78 is 75.9. The summed E-state index contributed by atoms with van der Waals surface area (Å²) in [6, 6.07) is 9.66. The number of halogens is 5. The minimum atomic E-state index is -4.76. The van der Waals surface area contributed by atoms with Gasteiger partial charge in [0, 0.05) is 42.8 Å². The van der Waals surface area contributed by atoms with Crippen LogP contribution in [0, 0.1) is 18.6 Å². The Morgan fingerprint density at radius 3 is 2.39 bits per heavy atom. The highest BCUT2D eigenvalue weighted by atomic mass is 19.4. The lowest BCUT2D eigenvalue weighted by atomic mass is 10.0. The van der Waals surface area contributed by atoms with Crippen LogP contribution in [0.3, 0.4) is 0 Å². The predicted octanol–water partition coefficient (Wildman–Crippen LogP) is 5.92. The summed E-state index contributed by atoms with van der Waals surface area (Å²) in [5.74, 6) is -1.81. The second kappa shape index (κ2) is 10.7. The standard InChI is InChI=1S/C29H28F5N5O2/c1-16-15-37(18(3)20-7-10-23(30)24(31)13-20)11-12-38(16)28(40)22-14-35-39-26(29(32,33)34)17(2)25(36-27(22)39)19-5-8-21(41-4)9-6-19/h5-10,13-14,16,18H,11-12,15H2,1-4H3/t16-,18-/m1/s1. The number of hydrogen-bond acceptors (Lipinski definition) is 5. The van der Waals surface area contributed by atoms with Gasteiger partial charge in [-0.2, -0.15) is 18.3 Å². The number of benzene rings is 2. The molecule has 1 aliphatic heterocycles. The van der Waals surface area contributed by atoms with Crippen LogP contribution in [-0.4, -0.2) is 63.1 Å². The first-order valence-electron chi connectivity index (χ1n) is 13.0. The van der Waals surface area contributed by atoms with Crippen molar-refractivity contribution in [3.05, 3.63) is 82.7 Å². The zero-order chi connectivity index (χ0) is 29.6. The van der Waals surface area contributed by atoms with Gasteiger partial charge in [-0.3, -0.25) is 9.69 Å². The largest absolute Gasteiger partial charge is 0.497 e. The molecular weight excluding hydrogens is 545 g/mol. The van der Waals surface area contributed by atoms with Crippen LogP contribution in [0.5, 0.6) is 5.75 Å². The molecule has 5 rings (SSSR count). The molecule has 1 saturated heterocycles. The molecule has 216 valence electrons. The maximum Gasteiger partial charge on any atom is 0.433 e. The topological polar surface area (TPSA) is 63.0 Å². The van der Waals surface area contributed by atoms with E-state index < -0.39 is 29.4 Å². The number of carbonyl (C=O) groups excluding carboxylic acids is 1. The number of carbonyl (C=O) groups is 1. The number of fused-ring (bicyclic) bond motifs is 1. The minimum Gasteiger partial charge on any atom is -0.497 e. The number of ether oxygens (including phenoxy) is 1. The second-order valence-corrected chi connectivity index (χ2v) is 10.1. The van der Waals surface area contributed by atoms with E-state index in [-0.39, 0.29) is 41.1 Å². The number of hydrogen-bond donors (Lipinski definition) is 0. The van der Waals surface area contributed by atoms with E-state index in [9.17, 15) is 26.7 Å². The molecule has 0 N–H and O–H groups in total. The number of alkyl halides is 3. The number of nitrogens with zero attached hydrogens (tertiary/aromatic N) is 5. The Hall–Kier alpha value is -4.06. The van der Waals surface area contributed by atoms with Crippen LogP contribution >= 0.6 is 0 Å². The second-order valence-electron chi connectivity index (χ2n) is 10.1. The molecule has 1 fully saturated rings. The molecule has 41 heavy (non-hydrogen) atoms. The predicted molar refractivity (Wildman–Crippen MR) is 142 cm³/mol. The zero-order valence-electron chi connectivity index (χ0n) is 22.8. The molecule has 0 bridgehead atoms. The first kappa shape index (κ1) is 28.5. The SMILES string of the molecule is COc1ccc(-c2nc3c(C(=O)N4CCN([C@H](C)c5ccc(F)c(F)c5)C[C@H]4C)cnn3c(C(F)(F)F)c2C)cc1. The third-order valence-corrected chi connectivity index (χ3v) is 7.64. The van der Waals surface area contributed by atoms with Crippen LogP contribution in [0.25, 0.3) is 16.9 Å². The highest BCUT2D eigenvalue weighted by molar-refractivity contribution is 6.00. The van der Waals surface area contributed by atoms with Crippen molar-refractivity contribution >= 4 is 11.6 Å². The molecule has 0 radical (unpaired) electrons. The molecule has 4 aromatic rings. The van der Waals surface area contributed by atoms with E-state index >= 15 is 0 Å². The fraction of sp³-hybridized carbons (Fsp3) is 0.345. The Labute approximate surface area is 233 Å². The first-order chi connectivity index (χ1) is 19.4. The fourth-order valence-corrected chi connectivity index (χ4v) is 5.36. The molecule has 3 heterocycles. The van der Waals surface area contributed by atoms with Gasteiger partial charge in [0.2, 0.25) is 0 Å². The van der Waals surface area contributed by atoms with Crippen molar-refractivity contribution in [2.75, 3.05) is 26.7 Å². The van der Waals surface area contributed by atoms with Crippen molar-refractivity contribution in [1.82, 2.24) is 24.4 Å². The van der Waals surface area contributed by atoms with Gasteiger partial charge in [0.05, 0.1) is 19.0 Å². The van der Waals surface area contributed by atoms with Gasteiger partial charge >= 0.3 is 6.18 Å². The van der Waals surface area contributed by atoms with E-state index in [1.165, 1.54) is 20.1 Å². The lowest BCUT2D eigenvalue weighted by Crippen LogP contribution is -2.54. The van der Waals surface area contributed by atoms with Crippen molar-refractivity contribution in [3.63, 3.8) is 0 Å². The Morgan fingerprint density at radius 1 is 1.07 bits per heavy atom. The van der Waals surface area contributed by atoms with Crippen molar-refractivity contribution in [2.45, 2.75) is 39.0 Å². The van der Waals surface area contributed by atoms with Gasteiger partial charge in [-0.25, -0.2) is 18.3 Å². The van der Waals surface area contributed by atoms with Gasteiger partial charge in [-0.05, 0) is 62.7 Å². The van der Waals surface area contributed by atoms with Gasteiger partial charge in [0.25, 0.3) is 5.91 Å². The quantitative estimate of drug-likeness (QED) is 0.278. The Kier molecular flexibility index (Phi) is 7.45. The summed E-state index contributed by atoms with van der Waals surface area (Å²) in [5, 5.41) is 3.94. The number of piperazine rings is 1. The number of aromatic nitrogens is 3. The third kappa shape index (κ3) is 5.23. The molecule has 7 nitrogen and oxygen atoms in total. The minimum absolute atomic E-state index is 0.0424. The van der Waals surface area contributed by atoms with Gasteiger partial charge < -0.3 is 9.64 Å². The monoisotopic (exact) mass is 573 g/mol. The molecule has 1 amide bonds. The Balaban J connectivity index is 1.47.